The third-order valence-electron chi connectivity index (χ3n) is 3.76. The highest BCUT2D eigenvalue weighted by atomic mass is 32.2. The fourth-order valence-electron chi connectivity index (χ4n) is 2.68. The van der Waals surface area contributed by atoms with Crippen molar-refractivity contribution in [3.8, 4) is 0 Å². The van der Waals surface area contributed by atoms with Crippen molar-refractivity contribution in [2.75, 3.05) is 5.75 Å². The second-order valence-electron chi connectivity index (χ2n) is 5.36. The lowest BCUT2D eigenvalue weighted by Crippen LogP contribution is -2.27. The van der Waals surface area contributed by atoms with Crippen molar-refractivity contribution >= 4 is 11.8 Å². The van der Waals surface area contributed by atoms with E-state index < -0.39 is 0 Å². The van der Waals surface area contributed by atoms with E-state index in [1.165, 1.54) is 25.0 Å². The Morgan fingerprint density at radius 1 is 1.33 bits per heavy atom. The molecule has 1 N–H and O–H groups in total. The summed E-state index contributed by atoms with van der Waals surface area (Å²) in [5.41, 5.74) is 0. The molecule has 18 heavy (non-hydrogen) atoms. The van der Waals surface area contributed by atoms with Crippen LogP contribution < -0.4 is 0 Å². The molecule has 3 heteroatoms. The van der Waals surface area contributed by atoms with E-state index >= 15 is 0 Å². The van der Waals surface area contributed by atoms with Crippen LogP contribution >= 0.6 is 11.8 Å². The zero-order valence-corrected chi connectivity index (χ0v) is 11.6. The van der Waals surface area contributed by atoms with Crippen LogP contribution in [-0.4, -0.2) is 17.0 Å². The van der Waals surface area contributed by atoms with Gasteiger partial charge in [0.05, 0.1) is 6.10 Å². The first-order chi connectivity index (χ1) is 8.65. The molecule has 1 saturated carbocycles. The van der Waals surface area contributed by atoms with E-state index in [1.54, 1.807) is 23.9 Å². The molecule has 0 heterocycles. The number of halogens is 1. The largest absolute Gasteiger partial charge is 0.392 e. The third-order valence-corrected chi connectivity index (χ3v) is 4.87. The SMILES string of the molecule is CC1CCCC(C(O)CSc2ccc(F)cc2)C1. The molecule has 0 aliphatic heterocycles. The fraction of sp³-hybridized carbons (Fsp3) is 0.600. The molecule has 0 saturated heterocycles. The van der Waals surface area contributed by atoms with E-state index in [2.05, 4.69) is 6.92 Å². The molecule has 0 bridgehead atoms. The average Bonchev–Trinajstić information content (AvgIpc) is 2.38. The number of rotatable bonds is 4. The van der Waals surface area contributed by atoms with Gasteiger partial charge in [-0.15, -0.1) is 11.8 Å². The summed E-state index contributed by atoms with van der Waals surface area (Å²) in [5, 5.41) is 10.2. The smallest absolute Gasteiger partial charge is 0.123 e. The predicted octanol–water partition coefficient (Wildman–Crippen LogP) is 4.11. The first kappa shape index (κ1) is 13.9. The minimum atomic E-state index is -0.234. The van der Waals surface area contributed by atoms with E-state index in [1.807, 2.05) is 0 Å². The highest BCUT2D eigenvalue weighted by Crippen LogP contribution is 2.32. The number of aliphatic hydroxyl groups is 1. The van der Waals surface area contributed by atoms with Gasteiger partial charge >= 0.3 is 0 Å². The number of benzene rings is 1. The molecule has 3 atom stereocenters. The third kappa shape index (κ3) is 3.99. The zero-order chi connectivity index (χ0) is 13.0. The molecule has 1 aromatic rings. The molecule has 100 valence electrons. The van der Waals surface area contributed by atoms with Gasteiger partial charge in [-0.2, -0.15) is 0 Å². The van der Waals surface area contributed by atoms with Crippen LogP contribution in [0.2, 0.25) is 0 Å². The zero-order valence-electron chi connectivity index (χ0n) is 10.8. The Labute approximate surface area is 113 Å². The van der Waals surface area contributed by atoms with Gasteiger partial charge in [0.15, 0.2) is 0 Å². The van der Waals surface area contributed by atoms with Crippen LogP contribution in [0.3, 0.4) is 0 Å². The van der Waals surface area contributed by atoms with E-state index in [0.717, 1.165) is 23.7 Å². The van der Waals surface area contributed by atoms with Crippen molar-refractivity contribution < 1.29 is 9.50 Å². The molecule has 0 aromatic heterocycles. The second-order valence-corrected chi connectivity index (χ2v) is 6.46. The van der Waals surface area contributed by atoms with Crippen molar-refractivity contribution in [1.82, 2.24) is 0 Å². The van der Waals surface area contributed by atoms with E-state index in [4.69, 9.17) is 0 Å². The Kier molecular flexibility index (Phi) is 5.07. The number of hydrogen-bond donors (Lipinski definition) is 1. The molecule has 2 rings (SSSR count). The lowest BCUT2D eigenvalue weighted by atomic mass is 9.80. The summed E-state index contributed by atoms with van der Waals surface area (Å²) in [6.07, 6.45) is 4.60. The van der Waals surface area contributed by atoms with Gasteiger partial charge in [0.25, 0.3) is 0 Å². The number of hydrogen-bond acceptors (Lipinski definition) is 2. The highest BCUT2D eigenvalue weighted by molar-refractivity contribution is 7.99. The summed E-state index contributed by atoms with van der Waals surface area (Å²) in [4.78, 5) is 1.03. The first-order valence-corrected chi connectivity index (χ1v) is 7.70. The lowest BCUT2D eigenvalue weighted by molar-refractivity contribution is 0.0902. The average molecular weight is 268 g/mol. The van der Waals surface area contributed by atoms with Crippen molar-refractivity contribution in [3.63, 3.8) is 0 Å². The molecule has 1 aliphatic rings. The van der Waals surface area contributed by atoms with Gasteiger partial charge in [-0.05, 0) is 48.9 Å². The Bertz CT molecular complexity index is 365. The van der Waals surface area contributed by atoms with Crippen molar-refractivity contribution in [2.45, 2.75) is 43.6 Å². The number of aliphatic hydroxyl groups excluding tert-OH is 1. The van der Waals surface area contributed by atoms with Gasteiger partial charge in [-0.1, -0.05) is 19.8 Å². The van der Waals surface area contributed by atoms with E-state index in [-0.39, 0.29) is 11.9 Å². The molecule has 0 spiro atoms. The summed E-state index contributed by atoms with van der Waals surface area (Å²) < 4.78 is 12.8. The van der Waals surface area contributed by atoms with Crippen LogP contribution in [0.4, 0.5) is 4.39 Å². The van der Waals surface area contributed by atoms with Crippen LogP contribution in [0.5, 0.6) is 0 Å². The van der Waals surface area contributed by atoms with Crippen LogP contribution in [0.1, 0.15) is 32.6 Å². The first-order valence-electron chi connectivity index (χ1n) is 6.71. The molecular weight excluding hydrogens is 247 g/mol. The molecule has 3 unspecified atom stereocenters. The summed E-state index contributed by atoms with van der Waals surface area (Å²) in [5.74, 6) is 1.69. The van der Waals surface area contributed by atoms with Crippen molar-refractivity contribution in [2.24, 2.45) is 11.8 Å². The summed E-state index contributed by atoms with van der Waals surface area (Å²) in [6, 6.07) is 6.49. The summed E-state index contributed by atoms with van der Waals surface area (Å²) in [6.45, 7) is 2.27. The highest BCUT2D eigenvalue weighted by Gasteiger charge is 2.25. The maximum atomic E-state index is 12.8. The standard InChI is InChI=1S/C15H21FOS/c1-11-3-2-4-12(9-11)15(17)10-18-14-7-5-13(16)6-8-14/h5-8,11-12,15,17H,2-4,9-10H2,1H3. The lowest BCUT2D eigenvalue weighted by Gasteiger charge is -2.30. The summed E-state index contributed by atoms with van der Waals surface area (Å²) >= 11 is 1.62. The van der Waals surface area contributed by atoms with Gasteiger partial charge in [0.2, 0.25) is 0 Å². The molecular formula is C15H21FOS. The molecule has 0 amide bonds. The maximum Gasteiger partial charge on any atom is 0.123 e. The summed E-state index contributed by atoms with van der Waals surface area (Å²) in [7, 11) is 0. The van der Waals surface area contributed by atoms with Crippen LogP contribution in [0.25, 0.3) is 0 Å². The Balaban J connectivity index is 1.80. The van der Waals surface area contributed by atoms with E-state index in [0.29, 0.717) is 11.7 Å². The molecule has 0 radical (unpaired) electrons. The number of thioether (sulfide) groups is 1. The molecule has 1 aromatic carbocycles. The minimum Gasteiger partial charge on any atom is -0.392 e. The normalized spacial score (nSPS) is 25.9. The van der Waals surface area contributed by atoms with Crippen LogP contribution in [0, 0.1) is 17.7 Å². The molecule has 1 nitrogen and oxygen atoms in total. The van der Waals surface area contributed by atoms with E-state index in [9.17, 15) is 9.50 Å². The predicted molar refractivity (Wildman–Crippen MR) is 74.3 cm³/mol. The Morgan fingerprint density at radius 2 is 2.06 bits per heavy atom. The maximum absolute atomic E-state index is 12.8. The van der Waals surface area contributed by atoms with Gasteiger partial charge in [-0.3, -0.25) is 0 Å². The van der Waals surface area contributed by atoms with Gasteiger partial charge < -0.3 is 5.11 Å². The van der Waals surface area contributed by atoms with Gasteiger partial charge in [0.1, 0.15) is 5.82 Å². The minimum absolute atomic E-state index is 0.207. The second kappa shape index (κ2) is 6.58. The quantitative estimate of drug-likeness (QED) is 0.829. The monoisotopic (exact) mass is 268 g/mol. The van der Waals surface area contributed by atoms with Crippen molar-refractivity contribution in [1.29, 1.82) is 0 Å². The van der Waals surface area contributed by atoms with Crippen molar-refractivity contribution in [3.05, 3.63) is 30.1 Å². The van der Waals surface area contributed by atoms with Crippen LogP contribution in [-0.2, 0) is 0 Å². The Morgan fingerprint density at radius 3 is 2.72 bits per heavy atom. The van der Waals surface area contributed by atoms with Gasteiger partial charge in [-0.25, -0.2) is 4.39 Å². The van der Waals surface area contributed by atoms with Crippen LogP contribution in [0.15, 0.2) is 29.2 Å². The Hall–Kier alpha value is -0.540. The van der Waals surface area contributed by atoms with Gasteiger partial charge in [0, 0.05) is 10.6 Å². The molecule has 1 aliphatic carbocycles. The fourth-order valence-corrected chi connectivity index (χ4v) is 3.64. The topological polar surface area (TPSA) is 20.2 Å². The molecule has 1 fully saturated rings.